The van der Waals surface area contributed by atoms with Crippen molar-refractivity contribution in [2.24, 2.45) is 5.16 Å². The van der Waals surface area contributed by atoms with Gasteiger partial charge in [-0.1, -0.05) is 22.8 Å². The predicted molar refractivity (Wildman–Crippen MR) is 89.6 cm³/mol. The Morgan fingerprint density at radius 1 is 1.21 bits per heavy atom. The van der Waals surface area contributed by atoms with E-state index in [1.165, 1.54) is 19.4 Å². The largest absolute Gasteiger partial charge is 0.493 e. The van der Waals surface area contributed by atoms with E-state index >= 15 is 0 Å². The Bertz CT molecular complexity index is 733. The molecule has 0 bridgehead atoms. The standard InChI is InChI=1S/C17H16ClNO5/c1-22-16-9-12(11-19-21)5-6-15(16)23-7-8-24-17(20)13-3-2-4-14(18)10-13/h2-6,9-11,21H,7-8H2,1H3/b19-11-. The first-order valence-electron chi connectivity index (χ1n) is 7.05. The summed E-state index contributed by atoms with van der Waals surface area (Å²) in [6.45, 7) is 0.241. The molecule has 0 fully saturated rings. The van der Waals surface area contributed by atoms with Crippen LogP contribution in [-0.2, 0) is 4.74 Å². The fourth-order valence-electron chi connectivity index (χ4n) is 1.94. The molecule has 6 nitrogen and oxygen atoms in total. The number of benzene rings is 2. The maximum atomic E-state index is 11.8. The summed E-state index contributed by atoms with van der Waals surface area (Å²) in [6.07, 6.45) is 1.28. The van der Waals surface area contributed by atoms with Crippen molar-refractivity contribution in [1.82, 2.24) is 0 Å². The lowest BCUT2D eigenvalue weighted by molar-refractivity contribution is 0.0449. The maximum Gasteiger partial charge on any atom is 0.338 e. The third kappa shape index (κ3) is 4.89. The molecule has 0 radical (unpaired) electrons. The highest BCUT2D eigenvalue weighted by atomic mass is 35.5. The lowest BCUT2D eigenvalue weighted by Gasteiger charge is -2.11. The molecule has 0 unspecified atom stereocenters. The van der Waals surface area contributed by atoms with Gasteiger partial charge in [0, 0.05) is 10.6 Å². The second-order valence-corrected chi connectivity index (χ2v) is 5.09. The van der Waals surface area contributed by atoms with Gasteiger partial charge in [0.1, 0.15) is 13.2 Å². The Morgan fingerprint density at radius 3 is 2.75 bits per heavy atom. The molecule has 0 aliphatic carbocycles. The number of rotatable bonds is 7. The van der Waals surface area contributed by atoms with E-state index in [2.05, 4.69) is 5.16 Å². The van der Waals surface area contributed by atoms with Gasteiger partial charge in [-0.25, -0.2) is 4.79 Å². The molecule has 0 heterocycles. The van der Waals surface area contributed by atoms with Gasteiger partial charge in [-0.05, 0) is 36.4 Å². The number of hydrogen-bond acceptors (Lipinski definition) is 6. The number of carbonyl (C=O) groups is 1. The number of ether oxygens (including phenoxy) is 3. The van der Waals surface area contributed by atoms with Crippen molar-refractivity contribution < 1.29 is 24.2 Å². The molecule has 0 saturated carbocycles. The SMILES string of the molecule is COc1cc(/C=N\O)ccc1OCCOC(=O)c1cccc(Cl)c1. The molecule has 0 spiro atoms. The molecule has 0 aromatic heterocycles. The van der Waals surface area contributed by atoms with Crippen LogP contribution in [0, 0.1) is 0 Å². The number of hydrogen-bond donors (Lipinski definition) is 1. The minimum absolute atomic E-state index is 0.0777. The molecule has 0 amide bonds. The van der Waals surface area contributed by atoms with Gasteiger partial charge in [-0.2, -0.15) is 0 Å². The highest BCUT2D eigenvalue weighted by Gasteiger charge is 2.09. The third-order valence-corrected chi connectivity index (χ3v) is 3.26. The van der Waals surface area contributed by atoms with Crippen LogP contribution in [0.2, 0.25) is 5.02 Å². The summed E-state index contributed by atoms with van der Waals surface area (Å²) >= 11 is 5.83. The van der Waals surface area contributed by atoms with Crippen molar-refractivity contribution in [1.29, 1.82) is 0 Å². The molecule has 2 aromatic carbocycles. The van der Waals surface area contributed by atoms with Crippen LogP contribution in [0.15, 0.2) is 47.6 Å². The average molecular weight is 350 g/mol. The van der Waals surface area contributed by atoms with E-state index in [1.54, 1.807) is 36.4 Å². The van der Waals surface area contributed by atoms with E-state index in [9.17, 15) is 4.79 Å². The Kier molecular flexibility index (Phi) is 6.45. The molecule has 0 atom stereocenters. The molecule has 24 heavy (non-hydrogen) atoms. The first kappa shape index (κ1) is 17.6. The zero-order valence-electron chi connectivity index (χ0n) is 12.9. The van der Waals surface area contributed by atoms with Gasteiger partial charge in [-0.3, -0.25) is 0 Å². The Balaban J connectivity index is 1.87. The average Bonchev–Trinajstić information content (AvgIpc) is 2.59. The highest BCUT2D eigenvalue weighted by Crippen LogP contribution is 2.27. The summed E-state index contributed by atoms with van der Waals surface area (Å²) < 4.78 is 15.9. The second-order valence-electron chi connectivity index (χ2n) is 4.65. The summed E-state index contributed by atoms with van der Waals surface area (Å²) in [6, 6.07) is 11.6. The minimum atomic E-state index is -0.470. The van der Waals surface area contributed by atoms with Gasteiger partial charge < -0.3 is 19.4 Å². The Morgan fingerprint density at radius 2 is 2.04 bits per heavy atom. The number of oxime groups is 1. The van der Waals surface area contributed by atoms with Crippen LogP contribution in [0.1, 0.15) is 15.9 Å². The Hall–Kier alpha value is -2.73. The van der Waals surface area contributed by atoms with Gasteiger partial charge in [0.15, 0.2) is 11.5 Å². The maximum absolute atomic E-state index is 11.8. The van der Waals surface area contributed by atoms with E-state index < -0.39 is 5.97 Å². The number of nitrogens with zero attached hydrogens (tertiary/aromatic N) is 1. The fourth-order valence-corrected chi connectivity index (χ4v) is 2.13. The van der Waals surface area contributed by atoms with E-state index in [1.807, 2.05) is 0 Å². The first-order valence-corrected chi connectivity index (χ1v) is 7.43. The molecule has 0 aliphatic heterocycles. The molecular weight excluding hydrogens is 334 g/mol. The van der Waals surface area contributed by atoms with Gasteiger partial charge in [0.2, 0.25) is 0 Å². The van der Waals surface area contributed by atoms with Crippen molar-refractivity contribution in [3.8, 4) is 11.5 Å². The summed E-state index contributed by atoms with van der Waals surface area (Å²) in [5.41, 5.74) is 1.04. The smallest absolute Gasteiger partial charge is 0.338 e. The van der Waals surface area contributed by atoms with Crippen LogP contribution in [0.5, 0.6) is 11.5 Å². The summed E-state index contributed by atoms with van der Waals surface area (Å²) in [4.78, 5) is 11.8. The summed E-state index contributed by atoms with van der Waals surface area (Å²) in [5, 5.41) is 12.0. The third-order valence-electron chi connectivity index (χ3n) is 3.03. The van der Waals surface area contributed by atoms with Crippen LogP contribution in [-0.4, -0.2) is 37.7 Å². The number of halogens is 1. The Labute approximate surface area is 144 Å². The number of methoxy groups -OCH3 is 1. The topological polar surface area (TPSA) is 77.3 Å². The van der Waals surface area contributed by atoms with Crippen molar-refractivity contribution in [2.75, 3.05) is 20.3 Å². The monoisotopic (exact) mass is 349 g/mol. The van der Waals surface area contributed by atoms with Gasteiger partial charge in [0.25, 0.3) is 0 Å². The van der Waals surface area contributed by atoms with Crippen molar-refractivity contribution >= 4 is 23.8 Å². The van der Waals surface area contributed by atoms with Gasteiger partial charge in [0.05, 0.1) is 18.9 Å². The molecule has 0 aliphatic rings. The quantitative estimate of drug-likeness (QED) is 0.272. The fraction of sp³-hybridized carbons (Fsp3) is 0.176. The van der Waals surface area contributed by atoms with Crippen molar-refractivity contribution in [3.63, 3.8) is 0 Å². The molecule has 7 heteroatoms. The van der Waals surface area contributed by atoms with E-state index in [4.69, 9.17) is 31.0 Å². The molecule has 126 valence electrons. The number of esters is 1. The number of carbonyl (C=O) groups excluding carboxylic acids is 1. The van der Waals surface area contributed by atoms with Crippen molar-refractivity contribution in [3.05, 3.63) is 58.6 Å². The zero-order chi connectivity index (χ0) is 17.4. The predicted octanol–water partition coefficient (Wildman–Crippen LogP) is 3.39. The lowest BCUT2D eigenvalue weighted by Crippen LogP contribution is -2.12. The summed E-state index contributed by atoms with van der Waals surface area (Å²) in [7, 11) is 1.50. The van der Waals surface area contributed by atoms with Crippen LogP contribution < -0.4 is 9.47 Å². The molecular formula is C17H16ClNO5. The molecule has 2 aromatic rings. The van der Waals surface area contributed by atoms with E-state index in [0.29, 0.717) is 27.6 Å². The summed E-state index contributed by atoms with van der Waals surface area (Å²) in [5.74, 6) is 0.502. The van der Waals surface area contributed by atoms with Crippen LogP contribution in [0.4, 0.5) is 0 Å². The molecule has 1 N–H and O–H groups in total. The molecule has 2 rings (SSSR count). The zero-order valence-corrected chi connectivity index (χ0v) is 13.7. The highest BCUT2D eigenvalue weighted by molar-refractivity contribution is 6.30. The first-order chi connectivity index (χ1) is 11.6. The van der Waals surface area contributed by atoms with Gasteiger partial charge in [-0.15, -0.1) is 0 Å². The van der Waals surface area contributed by atoms with E-state index in [0.717, 1.165) is 0 Å². The lowest BCUT2D eigenvalue weighted by atomic mass is 10.2. The molecule has 0 saturated heterocycles. The van der Waals surface area contributed by atoms with Crippen LogP contribution in [0.3, 0.4) is 0 Å². The second kappa shape index (κ2) is 8.79. The normalized spacial score (nSPS) is 10.6. The van der Waals surface area contributed by atoms with Crippen LogP contribution in [0.25, 0.3) is 0 Å². The van der Waals surface area contributed by atoms with Crippen LogP contribution >= 0.6 is 11.6 Å². The minimum Gasteiger partial charge on any atom is -0.493 e. The van der Waals surface area contributed by atoms with Gasteiger partial charge >= 0.3 is 5.97 Å². The van der Waals surface area contributed by atoms with E-state index in [-0.39, 0.29) is 13.2 Å². The van der Waals surface area contributed by atoms with Crippen molar-refractivity contribution in [2.45, 2.75) is 0 Å².